The summed E-state index contributed by atoms with van der Waals surface area (Å²) in [6, 6.07) is 7.07. The summed E-state index contributed by atoms with van der Waals surface area (Å²) in [6.07, 6.45) is 1.10. The molecule has 0 fully saturated rings. The van der Waals surface area contributed by atoms with Crippen LogP contribution in [0.5, 0.6) is 5.75 Å². The van der Waals surface area contributed by atoms with Crippen LogP contribution in [0.15, 0.2) is 24.3 Å². The number of benzene rings is 1. The van der Waals surface area contributed by atoms with Crippen molar-refractivity contribution in [2.24, 2.45) is 0 Å². The molecule has 8 heteroatoms. The van der Waals surface area contributed by atoms with Crippen molar-refractivity contribution in [1.82, 2.24) is 14.5 Å². The van der Waals surface area contributed by atoms with Crippen molar-refractivity contribution in [2.75, 3.05) is 47.1 Å². The zero-order chi connectivity index (χ0) is 17.5. The van der Waals surface area contributed by atoms with Crippen LogP contribution in [-0.2, 0) is 21.4 Å². The van der Waals surface area contributed by atoms with Crippen LogP contribution in [0.1, 0.15) is 5.56 Å². The van der Waals surface area contributed by atoms with Gasteiger partial charge in [0.15, 0.2) is 0 Å². The second-order valence-corrected chi connectivity index (χ2v) is 7.51. The van der Waals surface area contributed by atoms with E-state index in [1.807, 2.05) is 19.0 Å². The SMILES string of the molecule is COc1ccc(CN(CC(=O)NCCN(C)C)S(C)(=O)=O)cc1. The summed E-state index contributed by atoms with van der Waals surface area (Å²) >= 11 is 0. The van der Waals surface area contributed by atoms with Gasteiger partial charge in [-0.3, -0.25) is 4.79 Å². The smallest absolute Gasteiger partial charge is 0.235 e. The van der Waals surface area contributed by atoms with Gasteiger partial charge in [0, 0.05) is 19.6 Å². The summed E-state index contributed by atoms with van der Waals surface area (Å²) in [5.41, 5.74) is 0.789. The van der Waals surface area contributed by atoms with Crippen molar-refractivity contribution in [3.63, 3.8) is 0 Å². The molecule has 0 aromatic heterocycles. The maximum Gasteiger partial charge on any atom is 0.235 e. The van der Waals surface area contributed by atoms with E-state index >= 15 is 0 Å². The number of methoxy groups -OCH3 is 1. The first-order valence-corrected chi connectivity index (χ1v) is 9.06. The number of nitrogens with one attached hydrogen (secondary N) is 1. The van der Waals surface area contributed by atoms with Crippen molar-refractivity contribution < 1.29 is 17.9 Å². The summed E-state index contributed by atoms with van der Waals surface area (Å²) in [4.78, 5) is 13.9. The average Bonchev–Trinajstić information content (AvgIpc) is 2.46. The molecule has 0 heterocycles. The Morgan fingerprint density at radius 2 is 1.83 bits per heavy atom. The number of carbonyl (C=O) groups excluding carboxylic acids is 1. The maximum absolute atomic E-state index is 11.9. The molecular weight excluding hydrogens is 318 g/mol. The highest BCUT2D eigenvalue weighted by Gasteiger charge is 2.20. The summed E-state index contributed by atoms with van der Waals surface area (Å²) in [5, 5.41) is 2.71. The van der Waals surface area contributed by atoms with Crippen LogP contribution >= 0.6 is 0 Å². The van der Waals surface area contributed by atoms with Crippen molar-refractivity contribution in [2.45, 2.75) is 6.54 Å². The van der Waals surface area contributed by atoms with E-state index < -0.39 is 10.0 Å². The Morgan fingerprint density at radius 3 is 2.30 bits per heavy atom. The van der Waals surface area contributed by atoms with E-state index in [9.17, 15) is 13.2 Å². The highest BCUT2D eigenvalue weighted by Crippen LogP contribution is 2.14. The second-order valence-electron chi connectivity index (χ2n) is 5.53. The van der Waals surface area contributed by atoms with Crippen LogP contribution in [0.2, 0.25) is 0 Å². The lowest BCUT2D eigenvalue weighted by atomic mass is 10.2. The van der Waals surface area contributed by atoms with E-state index in [0.717, 1.165) is 16.1 Å². The van der Waals surface area contributed by atoms with Crippen molar-refractivity contribution in [3.05, 3.63) is 29.8 Å². The molecule has 1 amide bonds. The van der Waals surface area contributed by atoms with Gasteiger partial charge in [-0.05, 0) is 31.8 Å². The van der Waals surface area contributed by atoms with E-state index in [-0.39, 0.29) is 19.0 Å². The lowest BCUT2D eigenvalue weighted by Gasteiger charge is -2.20. The molecule has 0 aliphatic heterocycles. The van der Waals surface area contributed by atoms with Crippen molar-refractivity contribution in [1.29, 1.82) is 0 Å². The molecule has 7 nitrogen and oxygen atoms in total. The molecule has 0 saturated heterocycles. The minimum atomic E-state index is -3.48. The molecule has 0 bridgehead atoms. The molecule has 1 N–H and O–H groups in total. The number of carbonyl (C=O) groups is 1. The van der Waals surface area contributed by atoms with Crippen LogP contribution in [0, 0.1) is 0 Å². The van der Waals surface area contributed by atoms with Gasteiger partial charge in [-0.1, -0.05) is 12.1 Å². The zero-order valence-electron chi connectivity index (χ0n) is 14.1. The largest absolute Gasteiger partial charge is 0.497 e. The third-order valence-corrected chi connectivity index (χ3v) is 4.38. The Morgan fingerprint density at radius 1 is 1.22 bits per heavy atom. The first-order valence-electron chi connectivity index (χ1n) is 7.22. The average molecular weight is 343 g/mol. The number of ether oxygens (including phenoxy) is 1. The van der Waals surface area contributed by atoms with Crippen LogP contribution in [0.4, 0.5) is 0 Å². The first kappa shape index (κ1) is 19.4. The third-order valence-electron chi connectivity index (χ3n) is 3.19. The van der Waals surface area contributed by atoms with Crippen LogP contribution in [0.3, 0.4) is 0 Å². The van der Waals surface area contributed by atoms with Gasteiger partial charge in [-0.2, -0.15) is 4.31 Å². The van der Waals surface area contributed by atoms with Crippen molar-refractivity contribution >= 4 is 15.9 Å². The van der Waals surface area contributed by atoms with Gasteiger partial charge in [-0.25, -0.2) is 8.42 Å². The quantitative estimate of drug-likeness (QED) is 0.690. The Balaban J connectivity index is 2.67. The van der Waals surface area contributed by atoms with Gasteiger partial charge < -0.3 is 15.0 Å². The normalized spacial score (nSPS) is 11.7. The Bertz CT molecular complexity index is 600. The summed E-state index contributed by atoms with van der Waals surface area (Å²) in [5.74, 6) is 0.381. The first-order chi connectivity index (χ1) is 10.7. The topological polar surface area (TPSA) is 79.0 Å². The standard InChI is InChI=1S/C15H25N3O4S/c1-17(2)10-9-16-15(19)12-18(23(4,20)21)11-13-5-7-14(22-3)8-6-13/h5-8H,9-12H2,1-4H3,(H,16,19). The Kier molecular flexibility index (Phi) is 7.47. The fraction of sp³-hybridized carbons (Fsp3) is 0.533. The van der Waals surface area contributed by atoms with Crippen molar-refractivity contribution in [3.8, 4) is 5.75 Å². The number of likely N-dealkylation sites (N-methyl/N-ethyl adjacent to an activating group) is 1. The minimum Gasteiger partial charge on any atom is -0.497 e. The van der Waals surface area contributed by atoms with Gasteiger partial charge in [0.25, 0.3) is 0 Å². The molecule has 0 spiro atoms. The highest BCUT2D eigenvalue weighted by atomic mass is 32.2. The fourth-order valence-corrected chi connectivity index (χ4v) is 2.60. The molecular formula is C15H25N3O4S. The molecule has 0 radical (unpaired) electrons. The van der Waals surface area contributed by atoms with Gasteiger partial charge in [-0.15, -0.1) is 0 Å². The molecule has 0 unspecified atom stereocenters. The lowest BCUT2D eigenvalue weighted by molar-refractivity contribution is -0.121. The van der Waals surface area contributed by atoms with E-state index in [0.29, 0.717) is 18.8 Å². The van der Waals surface area contributed by atoms with Gasteiger partial charge >= 0.3 is 0 Å². The molecule has 23 heavy (non-hydrogen) atoms. The number of sulfonamides is 1. The van der Waals surface area contributed by atoms with Gasteiger partial charge in [0.05, 0.1) is 19.9 Å². The van der Waals surface area contributed by atoms with E-state index in [2.05, 4.69) is 5.32 Å². The van der Waals surface area contributed by atoms with E-state index in [1.165, 1.54) is 0 Å². The third kappa shape index (κ3) is 7.45. The lowest BCUT2D eigenvalue weighted by Crippen LogP contribution is -2.41. The maximum atomic E-state index is 11.9. The molecule has 130 valence electrons. The number of hydrogen-bond acceptors (Lipinski definition) is 5. The summed E-state index contributed by atoms with van der Waals surface area (Å²) in [7, 11) is 1.88. The molecule has 0 atom stereocenters. The Labute approximate surface area is 138 Å². The van der Waals surface area contributed by atoms with Crippen LogP contribution in [-0.4, -0.2) is 70.6 Å². The number of amides is 1. The summed E-state index contributed by atoms with van der Waals surface area (Å²) < 4.78 is 30.0. The van der Waals surface area contributed by atoms with Gasteiger partial charge in [0.1, 0.15) is 5.75 Å². The zero-order valence-corrected chi connectivity index (χ0v) is 14.9. The van der Waals surface area contributed by atoms with Crippen LogP contribution in [0.25, 0.3) is 0 Å². The molecule has 1 aromatic rings. The number of hydrogen-bond donors (Lipinski definition) is 1. The second kappa shape index (κ2) is 8.85. The molecule has 0 aliphatic carbocycles. The van der Waals surface area contributed by atoms with E-state index in [4.69, 9.17) is 4.74 Å². The number of nitrogens with zero attached hydrogens (tertiary/aromatic N) is 2. The van der Waals surface area contributed by atoms with Gasteiger partial charge in [0.2, 0.25) is 15.9 Å². The fourth-order valence-electron chi connectivity index (χ4n) is 1.86. The minimum absolute atomic E-state index is 0.143. The predicted octanol–water partition coefficient (Wildman–Crippen LogP) is 0.135. The van der Waals surface area contributed by atoms with Crippen LogP contribution < -0.4 is 10.1 Å². The monoisotopic (exact) mass is 343 g/mol. The highest BCUT2D eigenvalue weighted by molar-refractivity contribution is 7.88. The molecule has 0 aliphatic rings. The molecule has 1 aromatic carbocycles. The molecule has 1 rings (SSSR count). The summed E-state index contributed by atoms with van der Waals surface area (Å²) in [6.45, 7) is 1.12. The van der Waals surface area contributed by atoms with E-state index in [1.54, 1.807) is 31.4 Å². The molecule has 0 saturated carbocycles. The Hall–Kier alpha value is -1.64. The number of rotatable bonds is 9. The predicted molar refractivity (Wildman–Crippen MR) is 89.8 cm³/mol.